The van der Waals surface area contributed by atoms with E-state index in [1.54, 1.807) is 4.57 Å². The van der Waals surface area contributed by atoms with Gasteiger partial charge in [-0.05, 0) is 0 Å². The minimum Gasteiger partial charge on any atom is -0.476 e. The van der Waals surface area contributed by atoms with E-state index in [2.05, 4.69) is 4.98 Å². The van der Waals surface area contributed by atoms with Gasteiger partial charge in [-0.2, -0.15) is 0 Å². The van der Waals surface area contributed by atoms with Gasteiger partial charge in [0.05, 0.1) is 6.61 Å². The van der Waals surface area contributed by atoms with Gasteiger partial charge in [-0.25, -0.2) is 9.78 Å². The van der Waals surface area contributed by atoms with Crippen LogP contribution in [-0.4, -0.2) is 27.2 Å². The number of ether oxygens (including phenoxy) is 1. The van der Waals surface area contributed by atoms with E-state index in [0.717, 1.165) is 0 Å². The zero-order valence-corrected chi connectivity index (χ0v) is 6.86. The van der Waals surface area contributed by atoms with Gasteiger partial charge in [-0.3, -0.25) is 0 Å². The number of nitrogens with two attached hydrogens (primary N) is 1. The third-order valence-corrected chi connectivity index (χ3v) is 1.98. The molecule has 3 N–H and O–H groups in total. The number of carbonyl (C=O) groups is 1. The van der Waals surface area contributed by atoms with Gasteiger partial charge in [-0.1, -0.05) is 0 Å². The van der Waals surface area contributed by atoms with Crippen LogP contribution in [0.15, 0.2) is 0 Å². The molecule has 0 bridgehead atoms. The second kappa shape index (κ2) is 2.74. The Balaban J connectivity index is 2.50. The highest BCUT2D eigenvalue weighted by Gasteiger charge is 2.21. The SMILES string of the molecule is Nc1c(C(=O)O)nc2n1CCOC2. The van der Waals surface area contributed by atoms with Crippen LogP contribution in [0.1, 0.15) is 16.3 Å². The summed E-state index contributed by atoms with van der Waals surface area (Å²) < 4.78 is 6.79. The van der Waals surface area contributed by atoms with Crippen LogP contribution < -0.4 is 5.73 Å². The van der Waals surface area contributed by atoms with Crippen molar-refractivity contribution >= 4 is 11.8 Å². The third-order valence-electron chi connectivity index (χ3n) is 1.98. The van der Waals surface area contributed by atoms with Crippen LogP contribution in [-0.2, 0) is 17.9 Å². The quantitative estimate of drug-likeness (QED) is 0.623. The fourth-order valence-electron chi connectivity index (χ4n) is 1.35. The second-order valence-electron chi connectivity index (χ2n) is 2.77. The second-order valence-corrected chi connectivity index (χ2v) is 2.77. The molecular weight excluding hydrogens is 174 g/mol. The van der Waals surface area contributed by atoms with Crippen LogP contribution in [0.25, 0.3) is 0 Å². The Hall–Kier alpha value is -1.56. The molecular formula is C7H9N3O3. The maximum atomic E-state index is 10.6. The lowest BCUT2D eigenvalue weighted by Crippen LogP contribution is -2.18. The summed E-state index contributed by atoms with van der Waals surface area (Å²) in [5, 5.41) is 8.72. The highest BCUT2D eigenvalue weighted by Crippen LogP contribution is 2.17. The zero-order chi connectivity index (χ0) is 9.42. The first-order chi connectivity index (χ1) is 6.20. The van der Waals surface area contributed by atoms with Crippen LogP contribution in [0.2, 0.25) is 0 Å². The lowest BCUT2D eigenvalue weighted by Gasteiger charge is -2.14. The summed E-state index contributed by atoms with van der Waals surface area (Å²) in [4.78, 5) is 14.5. The summed E-state index contributed by atoms with van der Waals surface area (Å²) in [7, 11) is 0. The van der Waals surface area contributed by atoms with E-state index in [9.17, 15) is 4.79 Å². The van der Waals surface area contributed by atoms with E-state index in [0.29, 0.717) is 25.6 Å². The number of carboxylic acid groups (broad SMARTS) is 1. The van der Waals surface area contributed by atoms with E-state index < -0.39 is 5.97 Å². The van der Waals surface area contributed by atoms with Gasteiger partial charge in [0, 0.05) is 6.54 Å². The van der Waals surface area contributed by atoms with Crippen LogP contribution >= 0.6 is 0 Å². The minimum absolute atomic E-state index is 0.0829. The molecule has 0 radical (unpaired) electrons. The third kappa shape index (κ3) is 1.15. The van der Waals surface area contributed by atoms with Gasteiger partial charge in [0.2, 0.25) is 0 Å². The summed E-state index contributed by atoms with van der Waals surface area (Å²) in [6, 6.07) is 0. The van der Waals surface area contributed by atoms with Crippen molar-refractivity contribution in [2.24, 2.45) is 0 Å². The van der Waals surface area contributed by atoms with Gasteiger partial charge < -0.3 is 20.1 Å². The van der Waals surface area contributed by atoms with Crippen molar-refractivity contribution in [1.82, 2.24) is 9.55 Å². The monoisotopic (exact) mass is 183 g/mol. The largest absolute Gasteiger partial charge is 0.476 e. The van der Waals surface area contributed by atoms with Gasteiger partial charge in [0.25, 0.3) is 0 Å². The Morgan fingerprint density at radius 1 is 1.69 bits per heavy atom. The lowest BCUT2D eigenvalue weighted by molar-refractivity contribution is 0.0691. The van der Waals surface area contributed by atoms with E-state index >= 15 is 0 Å². The van der Waals surface area contributed by atoms with Crippen LogP contribution in [0.4, 0.5) is 5.82 Å². The number of aromatic nitrogens is 2. The molecule has 0 spiro atoms. The Kier molecular flexibility index (Phi) is 1.70. The first-order valence-electron chi connectivity index (χ1n) is 3.86. The summed E-state index contributed by atoms with van der Waals surface area (Å²) in [6.07, 6.45) is 0. The maximum absolute atomic E-state index is 10.6. The topological polar surface area (TPSA) is 90.4 Å². The first kappa shape index (κ1) is 8.06. The Morgan fingerprint density at radius 3 is 3.08 bits per heavy atom. The molecule has 1 aliphatic rings. The number of fused-ring (bicyclic) bond motifs is 1. The number of aromatic carboxylic acids is 1. The van der Waals surface area contributed by atoms with E-state index in [-0.39, 0.29) is 11.5 Å². The molecule has 1 aliphatic heterocycles. The van der Waals surface area contributed by atoms with Gasteiger partial charge in [-0.15, -0.1) is 0 Å². The first-order valence-corrected chi connectivity index (χ1v) is 3.86. The molecule has 6 heteroatoms. The van der Waals surface area contributed by atoms with Gasteiger partial charge in [0.1, 0.15) is 18.2 Å². The molecule has 0 fully saturated rings. The number of hydrogen-bond donors (Lipinski definition) is 2. The van der Waals surface area contributed by atoms with Gasteiger partial charge >= 0.3 is 5.97 Å². The predicted octanol–water partition coefficient (Wildman–Crippen LogP) is -0.306. The summed E-state index contributed by atoms with van der Waals surface area (Å²) >= 11 is 0. The molecule has 1 aromatic rings. The number of anilines is 1. The van der Waals surface area contributed by atoms with Crippen molar-refractivity contribution in [2.45, 2.75) is 13.2 Å². The summed E-state index contributed by atoms with van der Waals surface area (Å²) in [6.45, 7) is 1.45. The molecule has 0 atom stereocenters. The molecule has 0 saturated heterocycles. The number of imidazole rings is 1. The molecule has 70 valence electrons. The van der Waals surface area contributed by atoms with Crippen LogP contribution in [0.3, 0.4) is 0 Å². The molecule has 0 saturated carbocycles. The zero-order valence-electron chi connectivity index (χ0n) is 6.86. The molecule has 0 aromatic carbocycles. The number of rotatable bonds is 1. The predicted molar refractivity (Wildman–Crippen MR) is 43.3 cm³/mol. The Morgan fingerprint density at radius 2 is 2.46 bits per heavy atom. The standard InChI is InChI=1S/C7H9N3O3/c8-6-5(7(11)12)9-4-3-13-2-1-10(4)6/h1-3,8H2,(H,11,12). The number of hydrogen-bond acceptors (Lipinski definition) is 4. The van der Waals surface area contributed by atoms with E-state index in [1.165, 1.54) is 0 Å². The van der Waals surface area contributed by atoms with E-state index in [1.807, 2.05) is 0 Å². The molecule has 2 rings (SSSR count). The summed E-state index contributed by atoms with van der Waals surface area (Å²) in [5.74, 6) is -0.300. The summed E-state index contributed by atoms with van der Waals surface area (Å²) in [5.41, 5.74) is 5.51. The highest BCUT2D eigenvalue weighted by molar-refractivity contribution is 5.90. The minimum atomic E-state index is -1.10. The Bertz CT molecular complexity index is 358. The molecule has 1 aromatic heterocycles. The Labute approximate surface area is 73.9 Å². The van der Waals surface area contributed by atoms with Crippen molar-refractivity contribution in [3.8, 4) is 0 Å². The van der Waals surface area contributed by atoms with Crippen molar-refractivity contribution in [1.29, 1.82) is 0 Å². The smallest absolute Gasteiger partial charge is 0.358 e. The van der Waals surface area contributed by atoms with Crippen molar-refractivity contribution < 1.29 is 14.6 Å². The number of nitrogens with zero attached hydrogens (tertiary/aromatic N) is 2. The molecule has 6 nitrogen and oxygen atoms in total. The van der Waals surface area contributed by atoms with Gasteiger partial charge in [0.15, 0.2) is 5.69 Å². The van der Waals surface area contributed by atoms with Crippen molar-refractivity contribution in [2.75, 3.05) is 12.3 Å². The molecule has 2 heterocycles. The van der Waals surface area contributed by atoms with Crippen molar-refractivity contribution in [3.63, 3.8) is 0 Å². The fraction of sp³-hybridized carbons (Fsp3) is 0.429. The van der Waals surface area contributed by atoms with Crippen molar-refractivity contribution in [3.05, 3.63) is 11.5 Å². The number of nitrogen functional groups attached to an aromatic ring is 1. The van der Waals surface area contributed by atoms with Crippen LogP contribution in [0.5, 0.6) is 0 Å². The lowest BCUT2D eigenvalue weighted by atomic mass is 10.4. The maximum Gasteiger partial charge on any atom is 0.358 e. The normalized spacial score (nSPS) is 15.4. The highest BCUT2D eigenvalue weighted by atomic mass is 16.5. The molecule has 0 aliphatic carbocycles. The van der Waals surface area contributed by atoms with E-state index in [4.69, 9.17) is 15.6 Å². The fourth-order valence-corrected chi connectivity index (χ4v) is 1.35. The average molecular weight is 183 g/mol. The molecule has 13 heavy (non-hydrogen) atoms. The number of carboxylic acids is 1. The van der Waals surface area contributed by atoms with Crippen LogP contribution in [0, 0.1) is 0 Å². The molecule has 0 unspecified atom stereocenters. The average Bonchev–Trinajstić information content (AvgIpc) is 2.45. The molecule has 0 amide bonds.